The van der Waals surface area contributed by atoms with Gasteiger partial charge in [0.15, 0.2) is 0 Å². The first-order valence-corrected chi connectivity index (χ1v) is 7.06. The van der Waals surface area contributed by atoms with Gasteiger partial charge >= 0.3 is 0 Å². The summed E-state index contributed by atoms with van der Waals surface area (Å²) in [4.78, 5) is 0. The molecule has 0 aliphatic heterocycles. The third-order valence-electron chi connectivity index (χ3n) is 2.90. The van der Waals surface area contributed by atoms with E-state index in [0.717, 1.165) is 42.6 Å². The Labute approximate surface area is 117 Å². The monoisotopic (exact) mass is 317 g/mol. The number of hydrogen-bond acceptors (Lipinski definition) is 2. The molecule has 1 N–H and O–H groups in total. The summed E-state index contributed by atoms with van der Waals surface area (Å²) >= 11 is 3.26. The van der Waals surface area contributed by atoms with Gasteiger partial charge in [0.05, 0.1) is 6.61 Å². The van der Waals surface area contributed by atoms with E-state index in [-0.39, 0.29) is 5.82 Å². The normalized spacial score (nSPS) is 12.7. The molecule has 0 bridgehead atoms. The first-order chi connectivity index (χ1) is 8.63. The van der Waals surface area contributed by atoms with Crippen molar-refractivity contribution in [3.05, 3.63) is 34.1 Å². The lowest BCUT2D eigenvalue weighted by Gasteiger charge is -2.12. The Balaban J connectivity index is 2.27. The molecular formula is C14H21BrFNO. The standard InChI is InChI=1S/C14H21BrFNO/c1-11(10-17-7-8-18-2)3-4-12-5-6-13(15)9-14(12)16/h5-6,9,11,17H,3-4,7-8,10H2,1-2H3. The zero-order valence-corrected chi connectivity index (χ0v) is 12.6. The van der Waals surface area contributed by atoms with Gasteiger partial charge in [-0.15, -0.1) is 0 Å². The summed E-state index contributed by atoms with van der Waals surface area (Å²) in [5.74, 6) is 0.411. The van der Waals surface area contributed by atoms with Crippen molar-refractivity contribution < 1.29 is 9.13 Å². The third-order valence-corrected chi connectivity index (χ3v) is 3.39. The van der Waals surface area contributed by atoms with Crippen molar-refractivity contribution in [3.63, 3.8) is 0 Å². The van der Waals surface area contributed by atoms with Gasteiger partial charge in [-0.3, -0.25) is 0 Å². The van der Waals surface area contributed by atoms with Gasteiger partial charge in [-0.2, -0.15) is 0 Å². The van der Waals surface area contributed by atoms with E-state index >= 15 is 0 Å². The number of ether oxygens (including phenoxy) is 1. The van der Waals surface area contributed by atoms with Gasteiger partial charge in [0, 0.05) is 18.1 Å². The zero-order chi connectivity index (χ0) is 13.4. The molecule has 1 aromatic carbocycles. The van der Waals surface area contributed by atoms with Gasteiger partial charge < -0.3 is 10.1 Å². The van der Waals surface area contributed by atoms with E-state index in [9.17, 15) is 4.39 Å². The van der Waals surface area contributed by atoms with Crippen molar-refractivity contribution in [1.82, 2.24) is 5.32 Å². The quantitative estimate of drug-likeness (QED) is 0.742. The van der Waals surface area contributed by atoms with Gasteiger partial charge in [0.2, 0.25) is 0 Å². The van der Waals surface area contributed by atoms with Gasteiger partial charge in [-0.05, 0) is 43.0 Å². The molecule has 0 heterocycles. The van der Waals surface area contributed by atoms with Crippen LogP contribution >= 0.6 is 15.9 Å². The highest BCUT2D eigenvalue weighted by molar-refractivity contribution is 9.10. The van der Waals surface area contributed by atoms with Crippen molar-refractivity contribution in [2.75, 3.05) is 26.8 Å². The number of nitrogens with one attached hydrogen (secondary N) is 1. The first-order valence-electron chi connectivity index (χ1n) is 6.27. The minimum Gasteiger partial charge on any atom is -0.383 e. The van der Waals surface area contributed by atoms with Crippen LogP contribution in [0.5, 0.6) is 0 Å². The number of aryl methyl sites for hydroxylation is 1. The van der Waals surface area contributed by atoms with Crippen molar-refractivity contribution in [2.24, 2.45) is 5.92 Å². The topological polar surface area (TPSA) is 21.3 Å². The second kappa shape index (κ2) is 8.62. The van der Waals surface area contributed by atoms with Crippen molar-refractivity contribution in [1.29, 1.82) is 0 Å². The Morgan fingerprint density at radius 2 is 2.22 bits per heavy atom. The number of rotatable bonds is 8. The molecule has 0 radical (unpaired) electrons. The number of halogens is 2. The van der Waals surface area contributed by atoms with E-state index in [1.54, 1.807) is 7.11 Å². The SMILES string of the molecule is COCCNCC(C)CCc1ccc(Br)cc1F. The van der Waals surface area contributed by atoms with Crippen LogP contribution in [0.15, 0.2) is 22.7 Å². The van der Waals surface area contributed by atoms with E-state index in [4.69, 9.17) is 4.74 Å². The summed E-state index contributed by atoms with van der Waals surface area (Å²) in [6, 6.07) is 5.27. The number of methoxy groups -OCH3 is 1. The smallest absolute Gasteiger partial charge is 0.127 e. The lowest BCUT2D eigenvalue weighted by atomic mass is 10.0. The largest absolute Gasteiger partial charge is 0.383 e. The van der Waals surface area contributed by atoms with E-state index in [1.165, 1.54) is 6.07 Å². The van der Waals surface area contributed by atoms with Crippen molar-refractivity contribution in [3.8, 4) is 0 Å². The molecule has 0 fully saturated rings. The summed E-state index contributed by atoms with van der Waals surface area (Å²) < 4.78 is 19.3. The Morgan fingerprint density at radius 3 is 2.89 bits per heavy atom. The molecule has 1 rings (SSSR count). The minimum atomic E-state index is -0.121. The van der Waals surface area contributed by atoms with Crippen molar-refractivity contribution >= 4 is 15.9 Å². The fourth-order valence-electron chi connectivity index (χ4n) is 1.75. The van der Waals surface area contributed by atoms with Gasteiger partial charge in [0.25, 0.3) is 0 Å². The highest BCUT2D eigenvalue weighted by Crippen LogP contribution is 2.17. The van der Waals surface area contributed by atoms with E-state index in [1.807, 2.05) is 12.1 Å². The fourth-order valence-corrected chi connectivity index (χ4v) is 2.08. The molecule has 0 amide bonds. The molecule has 1 atom stereocenters. The molecule has 0 aromatic heterocycles. The number of benzene rings is 1. The molecule has 1 aromatic rings. The maximum absolute atomic E-state index is 13.6. The lowest BCUT2D eigenvalue weighted by molar-refractivity contribution is 0.198. The predicted molar refractivity (Wildman–Crippen MR) is 76.3 cm³/mol. The molecule has 18 heavy (non-hydrogen) atoms. The highest BCUT2D eigenvalue weighted by atomic mass is 79.9. The average molecular weight is 318 g/mol. The number of hydrogen-bond donors (Lipinski definition) is 1. The zero-order valence-electron chi connectivity index (χ0n) is 11.0. The molecular weight excluding hydrogens is 297 g/mol. The summed E-state index contributed by atoms with van der Waals surface area (Å²) in [7, 11) is 1.70. The molecule has 102 valence electrons. The van der Waals surface area contributed by atoms with Crippen LogP contribution in [0.4, 0.5) is 4.39 Å². The predicted octanol–water partition coefficient (Wildman–Crippen LogP) is 3.39. The van der Waals surface area contributed by atoms with Crippen LogP contribution in [0, 0.1) is 11.7 Å². The molecule has 4 heteroatoms. The van der Waals surface area contributed by atoms with Gasteiger partial charge in [-0.25, -0.2) is 4.39 Å². The van der Waals surface area contributed by atoms with E-state index in [2.05, 4.69) is 28.2 Å². The van der Waals surface area contributed by atoms with E-state index in [0.29, 0.717) is 5.92 Å². The van der Waals surface area contributed by atoms with Gasteiger partial charge in [-0.1, -0.05) is 28.9 Å². The fraction of sp³-hybridized carbons (Fsp3) is 0.571. The molecule has 0 saturated carbocycles. The van der Waals surface area contributed by atoms with Gasteiger partial charge in [0.1, 0.15) is 5.82 Å². The van der Waals surface area contributed by atoms with Crippen LogP contribution in [0.1, 0.15) is 18.9 Å². The van der Waals surface area contributed by atoms with Crippen LogP contribution < -0.4 is 5.32 Å². The lowest BCUT2D eigenvalue weighted by Crippen LogP contribution is -2.25. The molecule has 1 unspecified atom stereocenters. The third kappa shape index (κ3) is 5.94. The molecule has 0 aliphatic carbocycles. The highest BCUT2D eigenvalue weighted by Gasteiger charge is 2.06. The summed E-state index contributed by atoms with van der Waals surface area (Å²) in [6.45, 7) is 4.72. The average Bonchev–Trinajstić information content (AvgIpc) is 2.33. The molecule has 2 nitrogen and oxygen atoms in total. The first kappa shape index (κ1) is 15.6. The summed E-state index contributed by atoms with van der Waals surface area (Å²) in [5, 5.41) is 3.32. The minimum absolute atomic E-state index is 0.121. The summed E-state index contributed by atoms with van der Waals surface area (Å²) in [6.07, 6.45) is 1.77. The van der Waals surface area contributed by atoms with Crippen molar-refractivity contribution in [2.45, 2.75) is 19.8 Å². The summed E-state index contributed by atoms with van der Waals surface area (Å²) in [5.41, 5.74) is 0.793. The Morgan fingerprint density at radius 1 is 1.44 bits per heavy atom. The molecule has 0 saturated heterocycles. The van der Waals surface area contributed by atoms with E-state index < -0.39 is 0 Å². The second-order valence-corrected chi connectivity index (χ2v) is 5.49. The maximum Gasteiger partial charge on any atom is 0.127 e. The Hall–Kier alpha value is -0.450. The Bertz CT molecular complexity index is 360. The second-order valence-electron chi connectivity index (χ2n) is 4.58. The van der Waals surface area contributed by atoms with Crippen LogP contribution in [-0.4, -0.2) is 26.8 Å². The molecule has 0 aliphatic rings. The van der Waals surface area contributed by atoms with Crippen LogP contribution in [-0.2, 0) is 11.2 Å². The van der Waals surface area contributed by atoms with Crippen LogP contribution in [0.3, 0.4) is 0 Å². The van der Waals surface area contributed by atoms with Crippen LogP contribution in [0.2, 0.25) is 0 Å². The molecule has 0 spiro atoms. The maximum atomic E-state index is 13.6. The Kier molecular flexibility index (Phi) is 7.47. The van der Waals surface area contributed by atoms with Crippen LogP contribution in [0.25, 0.3) is 0 Å².